The van der Waals surface area contributed by atoms with E-state index in [-0.39, 0.29) is 18.0 Å². The average molecular weight is 420 g/mol. The molecule has 1 fully saturated rings. The fourth-order valence-corrected chi connectivity index (χ4v) is 4.41. The molecule has 4 heterocycles. The first-order valence-corrected chi connectivity index (χ1v) is 10.7. The van der Waals surface area contributed by atoms with Crippen molar-refractivity contribution in [3.8, 4) is 0 Å². The van der Waals surface area contributed by atoms with E-state index in [1.54, 1.807) is 24.8 Å². The van der Waals surface area contributed by atoms with Crippen LogP contribution in [-0.4, -0.2) is 70.0 Å². The van der Waals surface area contributed by atoms with Crippen LogP contribution in [0.1, 0.15) is 18.9 Å². The van der Waals surface area contributed by atoms with Crippen LogP contribution in [0.25, 0.3) is 11.2 Å². The lowest BCUT2D eigenvalue weighted by Gasteiger charge is -2.42. The standard InChI is InChI=1S/C23H29N7O/c1-16-11-18(29(3)23(31)19(24-2)12-17-5-4-7-25-13-17)15-30(14-16)20-6-8-27-22-21(20)26-9-10-28-22/h4-10,13,16,18-19,24H,11-12,14-15H2,1-3H3/t16-,18+,19-/m0/s1. The molecule has 0 saturated carbocycles. The molecule has 1 N–H and O–H groups in total. The molecule has 0 spiro atoms. The fourth-order valence-electron chi connectivity index (χ4n) is 4.41. The molecule has 162 valence electrons. The smallest absolute Gasteiger partial charge is 0.240 e. The van der Waals surface area contributed by atoms with Crippen LogP contribution in [0.2, 0.25) is 0 Å². The Morgan fingerprint density at radius 3 is 2.77 bits per heavy atom. The molecule has 1 saturated heterocycles. The van der Waals surface area contributed by atoms with Crippen molar-refractivity contribution in [3.05, 3.63) is 54.7 Å². The Kier molecular flexibility index (Phi) is 6.36. The van der Waals surface area contributed by atoms with E-state index in [0.29, 0.717) is 18.0 Å². The first kappa shape index (κ1) is 21.1. The van der Waals surface area contributed by atoms with Crippen LogP contribution >= 0.6 is 0 Å². The number of pyridine rings is 2. The number of anilines is 1. The number of piperidine rings is 1. The van der Waals surface area contributed by atoms with Gasteiger partial charge in [0.1, 0.15) is 5.52 Å². The lowest BCUT2D eigenvalue weighted by atomic mass is 9.93. The molecule has 3 atom stereocenters. The molecule has 8 heteroatoms. The van der Waals surface area contributed by atoms with Gasteiger partial charge in [0.25, 0.3) is 0 Å². The highest BCUT2D eigenvalue weighted by Crippen LogP contribution is 2.29. The summed E-state index contributed by atoms with van der Waals surface area (Å²) < 4.78 is 0. The van der Waals surface area contributed by atoms with Crippen molar-refractivity contribution < 1.29 is 4.79 Å². The highest BCUT2D eigenvalue weighted by molar-refractivity contribution is 5.85. The maximum Gasteiger partial charge on any atom is 0.240 e. The maximum atomic E-state index is 13.3. The Morgan fingerprint density at radius 2 is 2.00 bits per heavy atom. The number of amides is 1. The van der Waals surface area contributed by atoms with Crippen LogP contribution in [0.4, 0.5) is 5.69 Å². The maximum absolute atomic E-state index is 13.3. The highest BCUT2D eigenvalue weighted by Gasteiger charge is 2.33. The number of rotatable bonds is 6. The molecule has 1 aliphatic heterocycles. The normalized spacial score (nSPS) is 19.9. The quantitative estimate of drug-likeness (QED) is 0.653. The molecule has 0 unspecified atom stereocenters. The summed E-state index contributed by atoms with van der Waals surface area (Å²) in [5.41, 5.74) is 3.52. The minimum absolute atomic E-state index is 0.102. The van der Waals surface area contributed by atoms with Gasteiger partial charge in [-0.05, 0) is 43.5 Å². The fraction of sp³-hybridized carbons (Fsp3) is 0.435. The van der Waals surface area contributed by atoms with Crippen molar-refractivity contribution in [2.45, 2.75) is 31.8 Å². The number of hydrogen-bond acceptors (Lipinski definition) is 7. The van der Waals surface area contributed by atoms with E-state index in [0.717, 1.165) is 36.3 Å². The summed E-state index contributed by atoms with van der Waals surface area (Å²) in [5, 5.41) is 3.19. The van der Waals surface area contributed by atoms with Crippen LogP contribution in [0, 0.1) is 5.92 Å². The SMILES string of the molecule is CN[C@@H](Cc1cccnc1)C(=O)N(C)[C@@H]1C[C@H](C)CN(c2ccnc3nccnc23)C1. The minimum atomic E-state index is -0.285. The first-order chi connectivity index (χ1) is 15.1. The van der Waals surface area contributed by atoms with Gasteiger partial charge in [0.2, 0.25) is 5.91 Å². The van der Waals surface area contributed by atoms with E-state index in [4.69, 9.17) is 0 Å². The second-order valence-electron chi connectivity index (χ2n) is 8.31. The van der Waals surface area contributed by atoms with Gasteiger partial charge in [-0.3, -0.25) is 9.78 Å². The van der Waals surface area contributed by atoms with Crippen LogP contribution < -0.4 is 10.2 Å². The molecular formula is C23H29N7O. The van der Waals surface area contributed by atoms with E-state index in [1.165, 1.54) is 0 Å². The molecule has 0 radical (unpaired) electrons. The molecule has 0 bridgehead atoms. The zero-order valence-corrected chi connectivity index (χ0v) is 18.3. The van der Waals surface area contributed by atoms with Gasteiger partial charge >= 0.3 is 0 Å². The van der Waals surface area contributed by atoms with Gasteiger partial charge in [0.15, 0.2) is 5.65 Å². The molecular weight excluding hydrogens is 390 g/mol. The van der Waals surface area contributed by atoms with E-state index in [1.807, 2.05) is 43.4 Å². The second kappa shape index (κ2) is 9.34. The lowest BCUT2D eigenvalue weighted by molar-refractivity contribution is -0.134. The van der Waals surface area contributed by atoms with Crippen molar-refractivity contribution in [2.75, 3.05) is 32.1 Å². The molecule has 1 aliphatic rings. The number of likely N-dealkylation sites (N-methyl/N-ethyl adjacent to an activating group) is 2. The summed E-state index contributed by atoms with van der Waals surface area (Å²) >= 11 is 0. The van der Waals surface area contributed by atoms with Crippen LogP contribution in [0.3, 0.4) is 0 Å². The van der Waals surface area contributed by atoms with Crippen LogP contribution in [-0.2, 0) is 11.2 Å². The summed E-state index contributed by atoms with van der Waals surface area (Å²) in [4.78, 5) is 34.9. The van der Waals surface area contributed by atoms with Crippen molar-refractivity contribution in [2.24, 2.45) is 5.92 Å². The van der Waals surface area contributed by atoms with Crippen LogP contribution in [0.15, 0.2) is 49.2 Å². The molecule has 3 aromatic rings. The first-order valence-electron chi connectivity index (χ1n) is 10.7. The van der Waals surface area contributed by atoms with Gasteiger partial charge < -0.3 is 15.1 Å². The summed E-state index contributed by atoms with van der Waals surface area (Å²) in [6.07, 6.45) is 10.3. The molecule has 8 nitrogen and oxygen atoms in total. The molecule has 0 aromatic carbocycles. The summed E-state index contributed by atoms with van der Waals surface area (Å²) in [5.74, 6) is 0.546. The van der Waals surface area contributed by atoms with Crippen molar-refractivity contribution in [1.29, 1.82) is 0 Å². The number of fused-ring (bicyclic) bond motifs is 1. The average Bonchev–Trinajstić information content (AvgIpc) is 2.81. The number of carbonyl (C=O) groups is 1. The molecule has 0 aliphatic carbocycles. The molecule has 3 aromatic heterocycles. The molecule has 31 heavy (non-hydrogen) atoms. The van der Waals surface area contributed by atoms with E-state index in [2.05, 4.69) is 37.1 Å². The van der Waals surface area contributed by atoms with E-state index >= 15 is 0 Å². The highest BCUT2D eigenvalue weighted by atomic mass is 16.2. The van der Waals surface area contributed by atoms with Gasteiger partial charge in [-0.1, -0.05) is 13.0 Å². The summed E-state index contributed by atoms with van der Waals surface area (Å²) in [6, 6.07) is 5.73. The van der Waals surface area contributed by atoms with Gasteiger partial charge in [-0.2, -0.15) is 0 Å². The Balaban J connectivity index is 1.52. The molecule has 1 amide bonds. The van der Waals surface area contributed by atoms with Gasteiger partial charge in [0, 0.05) is 57.2 Å². The number of hydrogen-bond donors (Lipinski definition) is 1. The summed E-state index contributed by atoms with van der Waals surface area (Å²) in [7, 11) is 3.76. The minimum Gasteiger partial charge on any atom is -0.367 e. The Morgan fingerprint density at radius 1 is 1.19 bits per heavy atom. The number of aromatic nitrogens is 4. The van der Waals surface area contributed by atoms with Gasteiger partial charge in [0.05, 0.1) is 11.7 Å². The van der Waals surface area contributed by atoms with Crippen LogP contribution in [0.5, 0.6) is 0 Å². The Bertz CT molecular complexity index is 1020. The predicted molar refractivity (Wildman–Crippen MR) is 121 cm³/mol. The third-order valence-corrected chi connectivity index (χ3v) is 6.03. The van der Waals surface area contributed by atoms with Crippen molar-refractivity contribution >= 4 is 22.8 Å². The lowest BCUT2D eigenvalue weighted by Crippen LogP contribution is -2.55. The summed E-state index contributed by atoms with van der Waals surface area (Å²) in [6.45, 7) is 3.91. The Hall–Kier alpha value is -3.13. The van der Waals surface area contributed by atoms with Crippen molar-refractivity contribution in [3.63, 3.8) is 0 Å². The predicted octanol–water partition coefficient (Wildman–Crippen LogP) is 1.92. The molecule has 4 rings (SSSR count). The largest absolute Gasteiger partial charge is 0.367 e. The van der Waals surface area contributed by atoms with E-state index < -0.39 is 0 Å². The monoisotopic (exact) mass is 419 g/mol. The zero-order chi connectivity index (χ0) is 21.8. The van der Waals surface area contributed by atoms with Gasteiger partial charge in [-0.15, -0.1) is 0 Å². The Labute approximate surface area is 182 Å². The third-order valence-electron chi connectivity index (χ3n) is 6.03. The van der Waals surface area contributed by atoms with Crippen molar-refractivity contribution in [1.82, 2.24) is 30.2 Å². The number of nitrogens with zero attached hydrogens (tertiary/aromatic N) is 6. The number of carbonyl (C=O) groups excluding carboxylic acids is 1. The zero-order valence-electron chi connectivity index (χ0n) is 18.3. The third kappa shape index (κ3) is 4.64. The van der Waals surface area contributed by atoms with Gasteiger partial charge in [-0.25, -0.2) is 15.0 Å². The number of nitrogens with one attached hydrogen (secondary N) is 1. The topological polar surface area (TPSA) is 87.1 Å². The van der Waals surface area contributed by atoms with E-state index in [9.17, 15) is 4.79 Å². The second-order valence-corrected chi connectivity index (χ2v) is 8.31.